The Morgan fingerprint density at radius 1 is 1.06 bits per heavy atom. The maximum Gasteiger partial charge on any atom is 0.252 e. The van der Waals surface area contributed by atoms with Crippen LogP contribution in [0.4, 0.5) is 0 Å². The summed E-state index contributed by atoms with van der Waals surface area (Å²) in [6.07, 6.45) is 0.00921. The molecule has 1 fully saturated rings. The van der Waals surface area contributed by atoms with Crippen molar-refractivity contribution in [1.82, 2.24) is 14.5 Å². The van der Waals surface area contributed by atoms with Crippen LogP contribution in [0.5, 0.6) is 0 Å². The number of nitrogens with zero attached hydrogens (tertiary/aromatic N) is 2. The summed E-state index contributed by atoms with van der Waals surface area (Å²) in [4.78, 5) is 13.3. The first-order chi connectivity index (χ1) is 16.5. The van der Waals surface area contributed by atoms with Gasteiger partial charge in [0, 0.05) is 47.7 Å². The van der Waals surface area contributed by atoms with Crippen LogP contribution in [0.2, 0.25) is 0 Å². The molecule has 8 rings (SSSR count). The second-order valence-corrected chi connectivity index (χ2v) is 9.91. The molecule has 170 valence electrons. The third kappa shape index (κ3) is 1.92. The standard InChI is InChI=1S/C27H24N4O3/c1-27-25(33-2)16(28)11-19(34-27)30-17-9-5-3-7-13(17)21-22-15(12-29-26(22)32)20-14-8-4-6-10-18(14)31(27)24(20)23(21)30/h3-10,16,19,25H,11-12,28H2,1-2H3,(H,29,32). The summed E-state index contributed by atoms with van der Waals surface area (Å²) in [5.41, 5.74) is 12.0. The number of hydrogen-bond acceptors (Lipinski definition) is 4. The maximum absolute atomic E-state index is 13.3. The number of carbonyl (C=O) groups excluding carboxylic acids is 1. The van der Waals surface area contributed by atoms with E-state index in [1.807, 2.05) is 12.1 Å². The van der Waals surface area contributed by atoms with Crippen molar-refractivity contribution in [3.05, 3.63) is 59.7 Å². The Labute approximate surface area is 195 Å². The lowest BCUT2D eigenvalue weighted by Crippen LogP contribution is -2.59. The van der Waals surface area contributed by atoms with Gasteiger partial charge in [0.05, 0.1) is 27.6 Å². The second kappa shape index (κ2) is 5.99. The van der Waals surface area contributed by atoms with Crippen LogP contribution in [0.15, 0.2) is 48.5 Å². The van der Waals surface area contributed by atoms with E-state index in [-0.39, 0.29) is 24.3 Å². The quantitative estimate of drug-likeness (QED) is 0.401. The van der Waals surface area contributed by atoms with Gasteiger partial charge in [0.15, 0.2) is 5.72 Å². The Morgan fingerprint density at radius 3 is 2.53 bits per heavy atom. The molecule has 0 radical (unpaired) electrons. The number of rotatable bonds is 1. The predicted molar refractivity (Wildman–Crippen MR) is 131 cm³/mol. The topological polar surface area (TPSA) is 83.4 Å². The van der Waals surface area contributed by atoms with Crippen molar-refractivity contribution in [3.8, 4) is 0 Å². The molecule has 2 bridgehead atoms. The Bertz CT molecular complexity index is 1730. The van der Waals surface area contributed by atoms with E-state index in [0.717, 1.165) is 54.7 Å². The van der Waals surface area contributed by atoms with E-state index >= 15 is 0 Å². The van der Waals surface area contributed by atoms with Gasteiger partial charge in [-0.3, -0.25) is 4.79 Å². The van der Waals surface area contributed by atoms with Gasteiger partial charge < -0.3 is 29.7 Å². The van der Waals surface area contributed by atoms with Crippen LogP contribution < -0.4 is 11.1 Å². The van der Waals surface area contributed by atoms with Crippen LogP contribution in [0.25, 0.3) is 43.6 Å². The predicted octanol–water partition coefficient (Wildman–Crippen LogP) is 4.09. The van der Waals surface area contributed by atoms with E-state index in [1.165, 1.54) is 0 Å². The smallest absolute Gasteiger partial charge is 0.252 e. The van der Waals surface area contributed by atoms with Gasteiger partial charge in [-0.05, 0) is 24.6 Å². The van der Waals surface area contributed by atoms with Crippen LogP contribution >= 0.6 is 0 Å². The Balaban J connectivity index is 1.75. The summed E-state index contributed by atoms with van der Waals surface area (Å²) >= 11 is 0. The molecule has 3 aromatic carbocycles. The zero-order chi connectivity index (χ0) is 22.9. The van der Waals surface area contributed by atoms with Crippen molar-refractivity contribution in [2.24, 2.45) is 5.73 Å². The van der Waals surface area contributed by atoms with Crippen molar-refractivity contribution in [3.63, 3.8) is 0 Å². The lowest BCUT2D eigenvalue weighted by molar-refractivity contribution is -0.252. The molecule has 3 aliphatic heterocycles. The molecule has 1 saturated heterocycles. The molecule has 5 heterocycles. The molecule has 4 unspecified atom stereocenters. The van der Waals surface area contributed by atoms with Gasteiger partial charge >= 0.3 is 0 Å². The van der Waals surface area contributed by atoms with Crippen molar-refractivity contribution in [1.29, 1.82) is 0 Å². The summed E-state index contributed by atoms with van der Waals surface area (Å²) < 4.78 is 17.6. The van der Waals surface area contributed by atoms with E-state index in [0.29, 0.717) is 13.0 Å². The molecule has 0 aliphatic carbocycles. The Hall–Kier alpha value is -3.39. The molecule has 4 atom stereocenters. The van der Waals surface area contributed by atoms with Crippen LogP contribution in [-0.2, 0) is 21.7 Å². The molecule has 3 N–H and O–H groups in total. The van der Waals surface area contributed by atoms with Crippen LogP contribution in [0.3, 0.4) is 0 Å². The van der Waals surface area contributed by atoms with Crippen LogP contribution in [-0.4, -0.2) is 34.3 Å². The lowest BCUT2D eigenvalue weighted by Gasteiger charge is -2.47. The van der Waals surface area contributed by atoms with Crippen LogP contribution in [0.1, 0.15) is 35.5 Å². The molecule has 2 aromatic heterocycles. The first kappa shape index (κ1) is 19.0. The van der Waals surface area contributed by atoms with Gasteiger partial charge in [0.25, 0.3) is 5.91 Å². The summed E-state index contributed by atoms with van der Waals surface area (Å²) in [5.74, 6) is -0.0116. The van der Waals surface area contributed by atoms with E-state index < -0.39 is 5.72 Å². The number of nitrogens with two attached hydrogens (primary N) is 1. The molecule has 5 aromatic rings. The van der Waals surface area contributed by atoms with Gasteiger partial charge in [0.1, 0.15) is 12.3 Å². The maximum atomic E-state index is 13.3. The van der Waals surface area contributed by atoms with Crippen molar-refractivity contribution in [2.45, 2.75) is 44.0 Å². The zero-order valence-corrected chi connectivity index (χ0v) is 19.0. The molecule has 3 aliphatic rings. The number of carbonyl (C=O) groups is 1. The third-order valence-electron chi connectivity index (χ3n) is 8.27. The second-order valence-electron chi connectivity index (χ2n) is 9.91. The van der Waals surface area contributed by atoms with Gasteiger partial charge in [0.2, 0.25) is 0 Å². The lowest BCUT2D eigenvalue weighted by atomic mass is 9.93. The number of para-hydroxylation sites is 2. The molecule has 0 saturated carbocycles. The highest BCUT2D eigenvalue weighted by atomic mass is 16.6. The fourth-order valence-electron chi connectivity index (χ4n) is 7.12. The summed E-state index contributed by atoms with van der Waals surface area (Å²) in [6, 6.07) is 16.5. The normalized spacial score (nSPS) is 27.7. The fraction of sp³-hybridized carbons (Fsp3) is 0.296. The minimum atomic E-state index is -0.824. The highest BCUT2D eigenvalue weighted by Crippen LogP contribution is 2.53. The van der Waals surface area contributed by atoms with Gasteiger partial charge in [-0.25, -0.2) is 0 Å². The number of hydrogen-bond donors (Lipinski definition) is 2. The number of benzene rings is 3. The van der Waals surface area contributed by atoms with Crippen LogP contribution in [0, 0.1) is 0 Å². The largest absolute Gasteiger partial charge is 0.375 e. The van der Waals surface area contributed by atoms with E-state index in [4.69, 9.17) is 15.2 Å². The zero-order valence-electron chi connectivity index (χ0n) is 19.0. The van der Waals surface area contributed by atoms with Gasteiger partial charge in [-0.15, -0.1) is 0 Å². The monoisotopic (exact) mass is 452 g/mol. The molecule has 34 heavy (non-hydrogen) atoms. The fourth-order valence-corrected chi connectivity index (χ4v) is 7.12. The number of methoxy groups -OCH3 is 1. The average Bonchev–Trinajstić information content (AvgIpc) is 3.46. The van der Waals surface area contributed by atoms with Crippen molar-refractivity contribution in [2.75, 3.05) is 7.11 Å². The number of amides is 1. The van der Waals surface area contributed by atoms with E-state index in [1.54, 1.807) is 7.11 Å². The number of nitrogens with one attached hydrogen (secondary N) is 1. The third-order valence-corrected chi connectivity index (χ3v) is 8.27. The first-order valence-electron chi connectivity index (χ1n) is 11.8. The Kier molecular flexibility index (Phi) is 3.34. The first-order valence-corrected chi connectivity index (χ1v) is 11.8. The molecule has 0 spiro atoms. The number of fused-ring (bicyclic) bond motifs is 13. The highest BCUT2D eigenvalue weighted by Gasteiger charge is 2.52. The molecule has 1 amide bonds. The molecular formula is C27H24N4O3. The molecular weight excluding hydrogens is 428 g/mol. The summed E-state index contributed by atoms with van der Waals surface area (Å²) in [6.45, 7) is 2.61. The summed E-state index contributed by atoms with van der Waals surface area (Å²) in [5, 5.41) is 7.40. The minimum absolute atomic E-state index is 0.0116. The Morgan fingerprint density at radius 2 is 1.76 bits per heavy atom. The number of ether oxygens (including phenoxy) is 2. The minimum Gasteiger partial charge on any atom is -0.375 e. The molecule has 7 nitrogen and oxygen atoms in total. The molecule has 7 heteroatoms. The van der Waals surface area contributed by atoms with Gasteiger partial charge in [-0.1, -0.05) is 36.4 Å². The van der Waals surface area contributed by atoms with E-state index in [2.05, 4.69) is 57.8 Å². The van der Waals surface area contributed by atoms with Gasteiger partial charge in [-0.2, -0.15) is 0 Å². The number of aromatic nitrogens is 2. The average molecular weight is 453 g/mol. The van der Waals surface area contributed by atoms with E-state index in [9.17, 15) is 4.79 Å². The highest BCUT2D eigenvalue weighted by molar-refractivity contribution is 6.31. The summed E-state index contributed by atoms with van der Waals surface area (Å²) in [7, 11) is 1.71. The van der Waals surface area contributed by atoms with Crippen molar-refractivity contribution < 1.29 is 14.3 Å². The van der Waals surface area contributed by atoms with Crippen molar-refractivity contribution >= 4 is 49.5 Å². The SMILES string of the molecule is COC1C(N)CC2OC1(C)n1c3ccccc3c3c4c(c5c6ccccc6n2c5c31)C(=O)NC4.